The highest BCUT2D eigenvalue weighted by Crippen LogP contribution is 2.02. The number of carboxylic acids is 1. The van der Waals surface area contributed by atoms with E-state index in [1.807, 2.05) is 13.2 Å². The molecule has 0 spiro atoms. The smallest absolute Gasteiger partial charge is 0.332 e. The Hall–Kier alpha value is -0.950. The van der Waals surface area contributed by atoms with Gasteiger partial charge in [-0.05, 0) is 17.9 Å². The lowest BCUT2D eigenvalue weighted by Gasteiger charge is -2.12. The topological polar surface area (TPSA) is 98.7 Å². The molecule has 0 aromatic heterocycles. The third-order valence-electron chi connectivity index (χ3n) is 2.05. The van der Waals surface area contributed by atoms with Gasteiger partial charge in [0.1, 0.15) is 0 Å². The highest BCUT2D eigenvalue weighted by atomic mass is 32.2. The molecule has 0 aliphatic carbocycles. The molecule has 0 aliphatic heterocycles. The van der Waals surface area contributed by atoms with Crippen molar-refractivity contribution in [3.8, 4) is 0 Å². The van der Waals surface area contributed by atoms with Gasteiger partial charge in [-0.1, -0.05) is 6.92 Å². The molecule has 0 heterocycles. The minimum absolute atomic E-state index is 0.00309. The van der Waals surface area contributed by atoms with E-state index in [1.54, 1.807) is 11.8 Å². The number of carboxylic acid groups (broad SMARTS) is 1. The van der Waals surface area contributed by atoms with Crippen molar-refractivity contribution >= 4 is 23.8 Å². The van der Waals surface area contributed by atoms with E-state index in [-0.39, 0.29) is 19.0 Å². The molecule has 6 nitrogen and oxygen atoms in total. The van der Waals surface area contributed by atoms with E-state index < -0.39 is 12.1 Å². The minimum atomic E-state index is -1.43. The average Bonchev–Trinajstić information content (AvgIpc) is 2.26. The monoisotopic (exact) mass is 264 g/mol. The van der Waals surface area contributed by atoms with E-state index in [0.717, 1.165) is 5.75 Å². The summed E-state index contributed by atoms with van der Waals surface area (Å²) in [7, 11) is 0. The molecular weight excluding hydrogens is 244 g/mol. The molecule has 17 heavy (non-hydrogen) atoms. The van der Waals surface area contributed by atoms with Gasteiger partial charge >= 0.3 is 12.0 Å². The molecule has 2 amide bonds. The van der Waals surface area contributed by atoms with Gasteiger partial charge in [0.25, 0.3) is 0 Å². The number of rotatable bonds is 8. The van der Waals surface area contributed by atoms with E-state index in [0.29, 0.717) is 12.5 Å². The highest BCUT2D eigenvalue weighted by Gasteiger charge is 2.12. The van der Waals surface area contributed by atoms with Gasteiger partial charge in [-0.3, -0.25) is 0 Å². The third-order valence-corrected chi connectivity index (χ3v) is 2.95. The van der Waals surface area contributed by atoms with Crippen LogP contribution in [0.2, 0.25) is 0 Å². The zero-order valence-electron chi connectivity index (χ0n) is 10.1. The Labute approximate surface area is 105 Å². The van der Waals surface area contributed by atoms with Crippen LogP contribution in [0.4, 0.5) is 4.79 Å². The summed E-state index contributed by atoms with van der Waals surface area (Å²) in [5.74, 6) is 0.0824. The van der Waals surface area contributed by atoms with Crippen LogP contribution < -0.4 is 10.6 Å². The van der Waals surface area contributed by atoms with Crippen LogP contribution >= 0.6 is 11.8 Å². The number of aliphatic hydroxyl groups is 1. The Bertz CT molecular complexity index is 250. The fourth-order valence-corrected chi connectivity index (χ4v) is 1.81. The second-order valence-corrected chi connectivity index (χ2v) is 4.75. The zero-order valence-corrected chi connectivity index (χ0v) is 10.9. The Kier molecular flexibility index (Phi) is 8.61. The first-order valence-corrected chi connectivity index (χ1v) is 6.78. The number of hydrogen-bond acceptors (Lipinski definition) is 4. The maximum Gasteiger partial charge on any atom is 0.332 e. The van der Waals surface area contributed by atoms with Gasteiger partial charge in [0.05, 0.1) is 0 Å². The molecule has 0 saturated carbocycles. The van der Waals surface area contributed by atoms with Crippen LogP contribution in [0.15, 0.2) is 0 Å². The third kappa shape index (κ3) is 8.82. The summed E-state index contributed by atoms with van der Waals surface area (Å²) in [6.45, 7) is 2.75. The Morgan fingerprint density at radius 2 is 2.00 bits per heavy atom. The van der Waals surface area contributed by atoms with E-state index in [9.17, 15) is 9.59 Å². The number of thioether (sulfide) groups is 1. The molecule has 0 bridgehead atoms. The largest absolute Gasteiger partial charge is 0.479 e. The number of carbonyl (C=O) groups is 2. The molecule has 0 aromatic carbocycles. The predicted molar refractivity (Wildman–Crippen MR) is 67.2 cm³/mol. The maximum atomic E-state index is 11.2. The standard InChI is InChI=1S/C10H20N2O4S/c1-7(6-17-2)5-12-10(16)11-4-3-8(13)9(14)15/h7-8,13H,3-6H2,1-2H3,(H,14,15)(H2,11,12,16). The zero-order chi connectivity index (χ0) is 13.3. The van der Waals surface area contributed by atoms with Crippen molar-refractivity contribution in [1.29, 1.82) is 0 Å². The van der Waals surface area contributed by atoms with Gasteiger partial charge in [-0.15, -0.1) is 0 Å². The number of aliphatic hydroxyl groups excluding tert-OH is 1. The molecule has 0 aromatic rings. The van der Waals surface area contributed by atoms with Gasteiger partial charge in [0.15, 0.2) is 6.10 Å². The molecule has 100 valence electrons. The van der Waals surface area contributed by atoms with Crippen molar-refractivity contribution < 1.29 is 19.8 Å². The number of amides is 2. The number of urea groups is 1. The molecule has 0 aliphatic rings. The summed E-state index contributed by atoms with van der Waals surface area (Å²) in [6.07, 6.45) is 0.582. The van der Waals surface area contributed by atoms with Crippen molar-refractivity contribution in [3.05, 3.63) is 0 Å². The van der Waals surface area contributed by atoms with Crippen molar-refractivity contribution in [2.75, 3.05) is 25.1 Å². The lowest BCUT2D eigenvalue weighted by atomic mass is 10.2. The Morgan fingerprint density at radius 1 is 1.35 bits per heavy atom. The summed E-state index contributed by atoms with van der Waals surface area (Å²) in [4.78, 5) is 21.5. The fourth-order valence-electron chi connectivity index (χ4n) is 1.12. The van der Waals surface area contributed by atoms with Gasteiger partial charge in [-0.2, -0.15) is 11.8 Å². The van der Waals surface area contributed by atoms with Crippen molar-refractivity contribution in [2.24, 2.45) is 5.92 Å². The van der Waals surface area contributed by atoms with Crippen LogP contribution in [-0.2, 0) is 4.79 Å². The molecule has 4 N–H and O–H groups in total. The quantitative estimate of drug-likeness (QED) is 0.499. The Morgan fingerprint density at radius 3 is 2.53 bits per heavy atom. The van der Waals surface area contributed by atoms with Gasteiger partial charge in [0.2, 0.25) is 0 Å². The van der Waals surface area contributed by atoms with Crippen LogP contribution in [0.25, 0.3) is 0 Å². The van der Waals surface area contributed by atoms with Crippen LogP contribution in [0.5, 0.6) is 0 Å². The number of aliphatic carboxylic acids is 1. The summed E-state index contributed by atoms with van der Waals surface area (Å²) in [5.41, 5.74) is 0. The van der Waals surface area contributed by atoms with Gasteiger partial charge < -0.3 is 20.8 Å². The molecule has 2 atom stereocenters. The predicted octanol–water partition coefficient (Wildman–Crippen LogP) is 0.120. The van der Waals surface area contributed by atoms with Crippen LogP contribution in [0, 0.1) is 5.92 Å². The SMILES string of the molecule is CSCC(C)CNC(=O)NCCC(O)C(=O)O. The first kappa shape index (κ1) is 16.1. The fraction of sp³-hybridized carbons (Fsp3) is 0.800. The highest BCUT2D eigenvalue weighted by molar-refractivity contribution is 7.98. The van der Waals surface area contributed by atoms with E-state index >= 15 is 0 Å². The number of hydrogen-bond donors (Lipinski definition) is 4. The normalized spacial score (nSPS) is 13.8. The summed E-state index contributed by atoms with van der Waals surface area (Å²) >= 11 is 1.72. The van der Waals surface area contributed by atoms with E-state index in [1.165, 1.54) is 0 Å². The molecule has 0 radical (unpaired) electrons. The number of carbonyl (C=O) groups excluding carboxylic acids is 1. The second kappa shape index (κ2) is 9.12. The van der Waals surface area contributed by atoms with Crippen molar-refractivity contribution in [1.82, 2.24) is 10.6 Å². The summed E-state index contributed by atoms with van der Waals surface area (Å²) in [6, 6.07) is -0.337. The summed E-state index contributed by atoms with van der Waals surface area (Å²) < 4.78 is 0. The Balaban J connectivity index is 3.56. The van der Waals surface area contributed by atoms with Crippen molar-refractivity contribution in [2.45, 2.75) is 19.4 Å². The molecule has 0 saturated heterocycles. The number of nitrogens with one attached hydrogen (secondary N) is 2. The molecule has 7 heteroatoms. The molecule has 0 rings (SSSR count). The van der Waals surface area contributed by atoms with Crippen LogP contribution in [0.1, 0.15) is 13.3 Å². The molecular formula is C10H20N2O4S. The van der Waals surface area contributed by atoms with Crippen LogP contribution in [-0.4, -0.2) is 53.4 Å². The van der Waals surface area contributed by atoms with Gasteiger partial charge in [-0.25, -0.2) is 9.59 Å². The van der Waals surface area contributed by atoms with Gasteiger partial charge in [0, 0.05) is 19.5 Å². The lowest BCUT2D eigenvalue weighted by molar-refractivity contribution is -0.146. The maximum absolute atomic E-state index is 11.2. The van der Waals surface area contributed by atoms with E-state index in [4.69, 9.17) is 10.2 Å². The lowest BCUT2D eigenvalue weighted by Crippen LogP contribution is -2.39. The minimum Gasteiger partial charge on any atom is -0.479 e. The van der Waals surface area contributed by atoms with Crippen LogP contribution in [0.3, 0.4) is 0 Å². The summed E-state index contributed by atoms with van der Waals surface area (Å²) in [5, 5.41) is 22.5. The van der Waals surface area contributed by atoms with Crippen molar-refractivity contribution in [3.63, 3.8) is 0 Å². The first-order valence-electron chi connectivity index (χ1n) is 5.38. The first-order chi connectivity index (χ1) is 7.97. The molecule has 0 fully saturated rings. The van der Waals surface area contributed by atoms with E-state index in [2.05, 4.69) is 10.6 Å². The average molecular weight is 264 g/mol. The molecule has 2 unspecified atom stereocenters. The second-order valence-electron chi connectivity index (χ2n) is 3.84.